The Bertz CT molecular complexity index is 923. The van der Waals surface area contributed by atoms with Crippen molar-refractivity contribution in [3.63, 3.8) is 0 Å². The van der Waals surface area contributed by atoms with Gasteiger partial charge < -0.3 is 14.6 Å². The van der Waals surface area contributed by atoms with Crippen LogP contribution in [0.25, 0.3) is 0 Å². The molecular formula is C47H80O4. The van der Waals surface area contributed by atoms with Crippen molar-refractivity contribution in [1.82, 2.24) is 0 Å². The Kier molecular flexibility index (Phi) is 41.6. The number of hydrogen-bond acceptors (Lipinski definition) is 4. The van der Waals surface area contributed by atoms with Crippen LogP contribution in [0.3, 0.4) is 0 Å². The van der Waals surface area contributed by atoms with Crippen LogP contribution in [0.15, 0.2) is 85.1 Å². The Morgan fingerprint density at radius 2 is 0.882 bits per heavy atom. The van der Waals surface area contributed by atoms with Crippen LogP contribution < -0.4 is 0 Å². The largest absolute Gasteiger partial charge is 0.457 e. The zero-order valence-electron chi connectivity index (χ0n) is 33.3. The molecule has 51 heavy (non-hydrogen) atoms. The normalized spacial score (nSPS) is 13.2. The van der Waals surface area contributed by atoms with Gasteiger partial charge in [-0.15, -0.1) is 0 Å². The summed E-state index contributed by atoms with van der Waals surface area (Å²) < 4.78 is 11.1. The van der Waals surface area contributed by atoms with Crippen molar-refractivity contribution in [2.24, 2.45) is 0 Å². The van der Waals surface area contributed by atoms with Gasteiger partial charge in [0.15, 0.2) is 0 Å². The Morgan fingerprint density at radius 1 is 0.490 bits per heavy atom. The quantitative estimate of drug-likeness (QED) is 0.0394. The number of carbonyl (C=O) groups is 1. The minimum Gasteiger partial charge on any atom is -0.457 e. The molecule has 0 spiro atoms. The van der Waals surface area contributed by atoms with Crippen LogP contribution in [0.4, 0.5) is 0 Å². The topological polar surface area (TPSA) is 55.8 Å². The highest BCUT2D eigenvalue weighted by Gasteiger charge is 2.13. The fourth-order valence-corrected chi connectivity index (χ4v) is 5.56. The van der Waals surface area contributed by atoms with Gasteiger partial charge in [-0.1, -0.05) is 170 Å². The molecular weight excluding hydrogens is 629 g/mol. The maximum atomic E-state index is 12.2. The maximum absolute atomic E-state index is 12.2. The smallest absolute Gasteiger partial charge is 0.306 e. The monoisotopic (exact) mass is 709 g/mol. The Labute approximate surface area is 316 Å². The number of allylic oxidation sites excluding steroid dienone is 14. The summed E-state index contributed by atoms with van der Waals surface area (Å²) in [4.78, 5) is 12.2. The molecule has 1 unspecified atom stereocenters. The molecule has 4 nitrogen and oxygen atoms in total. The van der Waals surface area contributed by atoms with Crippen LogP contribution in [0.5, 0.6) is 0 Å². The highest BCUT2D eigenvalue weighted by atomic mass is 16.6. The number of hydrogen-bond donors (Lipinski definition) is 1. The van der Waals surface area contributed by atoms with E-state index in [4.69, 9.17) is 9.47 Å². The average Bonchev–Trinajstić information content (AvgIpc) is 3.14. The summed E-state index contributed by atoms with van der Waals surface area (Å²) in [5.74, 6) is -0.221. The average molecular weight is 709 g/mol. The van der Waals surface area contributed by atoms with Gasteiger partial charge in [0.1, 0.15) is 6.10 Å². The molecule has 4 heteroatoms. The van der Waals surface area contributed by atoms with Crippen molar-refractivity contribution in [3.8, 4) is 0 Å². The third-order valence-corrected chi connectivity index (χ3v) is 8.70. The predicted octanol–water partition coefficient (Wildman–Crippen LogP) is 14.0. The highest BCUT2D eigenvalue weighted by Crippen LogP contribution is 2.12. The molecule has 1 atom stereocenters. The third-order valence-electron chi connectivity index (χ3n) is 8.70. The van der Waals surface area contributed by atoms with Crippen LogP contribution in [0, 0.1) is 0 Å². The highest BCUT2D eigenvalue weighted by molar-refractivity contribution is 5.69. The molecule has 1 N–H and O–H groups in total. The maximum Gasteiger partial charge on any atom is 0.306 e. The first-order valence-electron chi connectivity index (χ1n) is 21.2. The van der Waals surface area contributed by atoms with E-state index in [0.717, 1.165) is 70.6 Å². The SMILES string of the molecule is CC/C=C\C/C=C\C/C=C\C/C=C\C/C=C\C/C=C\CCCCCCCCC(=O)OC(CO)COCCCCCCCC/C=C\CCCCCC. The molecule has 0 aromatic heterocycles. The van der Waals surface area contributed by atoms with Crippen molar-refractivity contribution < 1.29 is 19.4 Å². The molecule has 0 heterocycles. The van der Waals surface area contributed by atoms with Gasteiger partial charge in [0.05, 0.1) is 13.2 Å². The summed E-state index contributed by atoms with van der Waals surface area (Å²) in [6, 6.07) is 0. The summed E-state index contributed by atoms with van der Waals surface area (Å²) in [5.41, 5.74) is 0. The van der Waals surface area contributed by atoms with E-state index in [9.17, 15) is 9.90 Å². The van der Waals surface area contributed by atoms with Crippen LogP contribution >= 0.6 is 0 Å². The summed E-state index contributed by atoms with van der Waals surface area (Å²) in [6.45, 7) is 5.18. The lowest BCUT2D eigenvalue weighted by Crippen LogP contribution is -2.27. The number of rotatable bonds is 38. The molecule has 0 saturated carbocycles. The van der Waals surface area contributed by atoms with Crippen molar-refractivity contribution in [1.29, 1.82) is 0 Å². The zero-order chi connectivity index (χ0) is 37.0. The molecule has 0 aliphatic heterocycles. The van der Waals surface area contributed by atoms with E-state index >= 15 is 0 Å². The molecule has 292 valence electrons. The lowest BCUT2D eigenvalue weighted by Gasteiger charge is -2.15. The molecule has 0 aromatic carbocycles. The second kappa shape index (κ2) is 43.7. The number of aliphatic hydroxyl groups is 1. The Balaban J connectivity index is 3.54. The van der Waals surface area contributed by atoms with Crippen LogP contribution in [0.1, 0.15) is 181 Å². The molecule has 0 amide bonds. The third kappa shape index (κ3) is 41.9. The van der Waals surface area contributed by atoms with Gasteiger partial charge >= 0.3 is 5.97 Å². The summed E-state index contributed by atoms with van der Waals surface area (Å²) in [5, 5.41) is 9.59. The van der Waals surface area contributed by atoms with Gasteiger partial charge in [-0.2, -0.15) is 0 Å². The number of ether oxygens (including phenoxy) is 2. The number of carbonyl (C=O) groups excluding carboxylic acids is 1. The Morgan fingerprint density at radius 3 is 1.35 bits per heavy atom. The minimum atomic E-state index is -0.550. The van der Waals surface area contributed by atoms with E-state index < -0.39 is 6.10 Å². The standard InChI is InChI=1S/C47H80O4/c1-3-5-7-9-11-13-15-17-19-20-21-22-23-24-25-26-27-28-29-30-32-34-36-38-40-42-47(49)51-46(44-48)45-50-43-41-39-37-35-33-31-18-16-14-12-10-8-6-4-2/h5,7,11,13-14,16-17,19,21-22,24-25,27-28,46,48H,3-4,6,8-10,12,15,18,20,23,26,29-45H2,1-2H3/b7-5-,13-11-,16-14-,19-17-,22-21-,25-24-,28-27-. The van der Waals surface area contributed by atoms with E-state index in [1.54, 1.807) is 0 Å². The first-order valence-corrected chi connectivity index (χ1v) is 21.2. The number of aliphatic hydroxyl groups excluding tert-OH is 1. The second-order valence-electron chi connectivity index (χ2n) is 13.7. The van der Waals surface area contributed by atoms with E-state index in [0.29, 0.717) is 13.0 Å². The summed E-state index contributed by atoms with van der Waals surface area (Å²) in [7, 11) is 0. The Hall–Kier alpha value is -2.43. The van der Waals surface area contributed by atoms with Gasteiger partial charge in [-0.05, 0) is 89.9 Å². The van der Waals surface area contributed by atoms with E-state index in [2.05, 4.69) is 98.9 Å². The first kappa shape index (κ1) is 48.6. The van der Waals surface area contributed by atoms with Crippen LogP contribution in [-0.2, 0) is 14.3 Å². The molecule has 0 radical (unpaired) electrons. The van der Waals surface area contributed by atoms with Gasteiger partial charge in [-0.3, -0.25) is 4.79 Å². The van der Waals surface area contributed by atoms with E-state index in [1.165, 1.54) is 89.9 Å². The summed E-state index contributed by atoms with van der Waals surface area (Å²) >= 11 is 0. The minimum absolute atomic E-state index is 0.185. The van der Waals surface area contributed by atoms with Gasteiger partial charge in [0, 0.05) is 13.0 Å². The van der Waals surface area contributed by atoms with Crippen molar-refractivity contribution in [2.45, 2.75) is 187 Å². The van der Waals surface area contributed by atoms with Crippen LogP contribution in [0.2, 0.25) is 0 Å². The lowest BCUT2D eigenvalue weighted by atomic mass is 10.1. The van der Waals surface area contributed by atoms with E-state index in [-0.39, 0.29) is 19.2 Å². The van der Waals surface area contributed by atoms with Gasteiger partial charge in [0.2, 0.25) is 0 Å². The first-order chi connectivity index (χ1) is 25.2. The van der Waals surface area contributed by atoms with Crippen molar-refractivity contribution >= 4 is 5.97 Å². The summed E-state index contributed by atoms with van der Waals surface area (Å²) in [6.07, 6.45) is 60.6. The molecule has 0 aliphatic carbocycles. The second-order valence-corrected chi connectivity index (χ2v) is 13.7. The fraction of sp³-hybridized carbons (Fsp3) is 0.681. The molecule has 0 saturated heterocycles. The molecule has 0 bridgehead atoms. The molecule has 0 aromatic rings. The molecule has 0 rings (SSSR count). The predicted molar refractivity (Wildman–Crippen MR) is 223 cm³/mol. The van der Waals surface area contributed by atoms with Gasteiger partial charge in [-0.25, -0.2) is 0 Å². The number of unbranched alkanes of at least 4 members (excludes halogenated alkanes) is 16. The van der Waals surface area contributed by atoms with E-state index in [1.807, 2.05) is 0 Å². The van der Waals surface area contributed by atoms with Crippen molar-refractivity contribution in [3.05, 3.63) is 85.1 Å². The molecule has 0 aliphatic rings. The van der Waals surface area contributed by atoms with Crippen molar-refractivity contribution in [2.75, 3.05) is 19.8 Å². The molecule has 0 fully saturated rings. The number of esters is 1. The van der Waals surface area contributed by atoms with Gasteiger partial charge in [0.25, 0.3) is 0 Å². The van der Waals surface area contributed by atoms with Crippen LogP contribution in [-0.4, -0.2) is 37.0 Å². The lowest BCUT2D eigenvalue weighted by molar-refractivity contribution is -0.154. The fourth-order valence-electron chi connectivity index (χ4n) is 5.56. The zero-order valence-corrected chi connectivity index (χ0v) is 33.3.